The second kappa shape index (κ2) is 3.51. The second-order valence-electron chi connectivity index (χ2n) is 3.25. The smallest absolute Gasteiger partial charge is 0.346 e. The summed E-state index contributed by atoms with van der Waals surface area (Å²) < 4.78 is 4.97. The molecule has 3 nitrogen and oxygen atoms in total. The first-order valence-corrected chi connectivity index (χ1v) is 4.69. The van der Waals surface area contributed by atoms with Crippen LogP contribution in [-0.2, 0) is 0 Å². The molecular formula is C11H7ClO3. The molecule has 0 aliphatic rings. The van der Waals surface area contributed by atoms with Crippen LogP contribution in [0.25, 0.3) is 11.0 Å². The van der Waals surface area contributed by atoms with Gasteiger partial charge in [-0.25, -0.2) is 4.79 Å². The molecule has 0 amide bonds. The summed E-state index contributed by atoms with van der Waals surface area (Å²) in [5, 5.41) is 1.22. The maximum Gasteiger partial charge on any atom is 0.346 e. The Bertz CT molecular complexity index is 599. The highest BCUT2D eigenvalue weighted by atomic mass is 35.5. The molecule has 0 N–H and O–H groups in total. The quantitative estimate of drug-likeness (QED) is 0.550. The molecule has 0 fully saturated rings. The molecule has 0 radical (unpaired) electrons. The molecule has 0 bridgehead atoms. The van der Waals surface area contributed by atoms with Crippen LogP contribution in [0.1, 0.15) is 15.9 Å². The van der Waals surface area contributed by atoms with Gasteiger partial charge in [-0.2, -0.15) is 0 Å². The number of rotatable bonds is 1. The van der Waals surface area contributed by atoms with Crippen molar-refractivity contribution in [2.24, 2.45) is 0 Å². The zero-order valence-corrected chi connectivity index (χ0v) is 8.67. The first kappa shape index (κ1) is 9.93. The number of hydrogen-bond donors (Lipinski definition) is 0. The van der Waals surface area contributed by atoms with E-state index in [2.05, 4.69) is 0 Å². The van der Waals surface area contributed by atoms with Gasteiger partial charge in [-0.05, 0) is 30.7 Å². The molecule has 0 saturated heterocycles. The summed E-state index contributed by atoms with van der Waals surface area (Å²) >= 11 is 5.91. The molecule has 2 aromatic rings. The highest BCUT2D eigenvalue weighted by Crippen LogP contribution is 2.22. The van der Waals surface area contributed by atoms with Gasteiger partial charge in [-0.15, -0.1) is 0 Å². The maximum atomic E-state index is 11.2. The van der Waals surface area contributed by atoms with Gasteiger partial charge in [0, 0.05) is 10.4 Å². The van der Waals surface area contributed by atoms with E-state index in [1.54, 1.807) is 12.1 Å². The second-order valence-corrected chi connectivity index (χ2v) is 3.65. The van der Waals surface area contributed by atoms with Gasteiger partial charge < -0.3 is 4.42 Å². The molecule has 0 atom stereocenters. The SMILES string of the molecule is Cc1cc2oc(=O)c(C=O)cc2cc1Cl. The Balaban J connectivity index is 2.88. The first-order valence-electron chi connectivity index (χ1n) is 4.31. The largest absolute Gasteiger partial charge is 0.422 e. The van der Waals surface area contributed by atoms with Gasteiger partial charge in [0.2, 0.25) is 0 Å². The molecule has 1 aromatic heterocycles. The Morgan fingerprint density at radius 2 is 2.07 bits per heavy atom. The summed E-state index contributed by atoms with van der Waals surface area (Å²) in [4.78, 5) is 21.8. The zero-order chi connectivity index (χ0) is 11.0. The van der Waals surface area contributed by atoms with Gasteiger partial charge in [0.15, 0.2) is 6.29 Å². The van der Waals surface area contributed by atoms with E-state index in [1.165, 1.54) is 6.07 Å². The van der Waals surface area contributed by atoms with E-state index in [0.29, 0.717) is 22.3 Å². The Kier molecular flexibility index (Phi) is 2.32. The van der Waals surface area contributed by atoms with Gasteiger partial charge in [-0.3, -0.25) is 4.79 Å². The minimum atomic E-state index is -0.626. The summed E-state index contributed by atoms with van der Waals surface area (Å²) in [5.41, 5.74) is 0.639. The van der Waals surface area contributed by atoms with Crippen LogP contribution in [0.5, 0.6) is 0 Å². The summed E-state index contributed by atoms with van der Waals surface area (Å²) in [6, 6.07) is 4.81. The minimum Gasteiger partial charge on any atom is -0.422 e. The van der Waals surface area contributed by atoms with E-state index in [9.17, 15) is 9.59 Å². The van der Waals surface area contributed by atoms with Crippen molar-refractivity contribution in [2.45, 2.75) is 6.92 Å². The first-order chi connectivity index (χ1) is 7.11. The lowest BCUT2D eigenvalue weighted by molar-refractivity contribution is 0.112. The van der Waals surface area contributed by atoms with Crippen molar-refractivity contribution in [1.29, 1.82) is 0 Å². The Morgan fingerprint density at radius 1 is 1.33 bits per heavy atom. The van der Waals surface area contributed by atoms with Crippen LogP contribution in [0.15, 0.2) is 27.4 Å². The van der Waals surface area contributed by atoms with Crippen LogP contribution >= 0.6 is 11.6 Å². The lowest BCUT2D eigenvalue weighted by atomic mass is 10.1. The fourth-order valence-electron chi connectivity index (χ4n) is 1.34. The molecule has 0 aliphatic carbocycles. The van der Waals surface area contributed by atoms with Crippen LogP contribution in [0.3, 0.4) is 0 Å². The number of carbonyl (C=O) groups is 1. The van der Waals surface area contributed by atoms with E-state index in [1.807, 2.05) is 6.92 Å². The number of aryl methyl sites for hydroxylation is 1. The van der Waals surface area contributed by atoms with Crippen LogP contribution in [0.2, 0.25) is 5.02 Å². The zero-order valence-electron chi connectivity index (χ0n) is 7.91. The third kappa shape index (κ3) is 1.66. The molecule has 0 saturated carbocycles. The standard InChI is InChI=1S/C11H7ClO3/c1-6-2-10-7(4-9(6)12)3-8(5-13)11(14)15-10/h2-5H,1H3. The normalized spacial score (nSPS) is 10.5. The van der Waals surface area contributed by atoms with E-state index < -0.39 is 5.63 Å². The minimum absolute atomic E-state index is 0.00224. The van der Waals surface area contributed by atoms with Crippen molar-refractivity contribution in [2.75, 3.05) is 0 Å². The van der Waals surface area contributed by atoms with E-state index in [4.69, 9.17) is 16.0 Å². The van der Waals surface area contributed by atoms with Crippen molar-refractivity contribution in [3.05, 3.63) is 44.8 Å². The fourth-order valence-corrected chi connectivity index (χ4v) is 1.51. The molecule has 1 aromatic carbocycles. The van der Waals surface area contributed by atoms with Crippen LogP contribution in [-0.4, -0.2) is 6.29 Å². The Labute approximate surface area is 90.3 Å². The third-order valence-corrected chi connectivity index (χ3v) is 2.57. The van der Waals surface area contributed by atoms with Crippen LogP contribution < -0.4 is 5.63 Å². The molecule has 1 heterocycles. The molecule has 15 heavy (non-hydrogen) atoms. The molecule has 0 spiro atoms. The number of hydrogen-bond acceptors (Lipinski definition) is 3. The van der Waals surface area contributed by atoms with Crippen LogP contribution in [0, 0.1) is 6.92 Å². The van der Waals surface area contributed by atoms with Crippen molar-refractivity contribution in [1.82, 2.24) is 0 Å². The van der Waals surface area contributed by atoms with Crippen molar-refractivity contribution in [3.63, 3.8) is 0 Å². The molecule has 4 heteroatoms. The summed E-state index contributed by atoms with van der Waals surface area (Å²) in [6.07, 6.45) is 0.471. The van der Waals surface area contributed by atoms with E-state index in [-0.39, 0.29) is 5.56 Å². The highest BCUT2D eigenvalue weighted by molar-refractivity contribution is 6.32. The Hall–Kier alpha value is -1.61. The third-order valence-electron chi connectivity index (χ3n) is 2.17. The van der Waals surface area contributed by atoms with Gasteiger partial charge in [0.1, 0.15) is 11.1 Å². The lowest BCUT2D eigenvalue weighted by Crippen LogP contribution is -2.05. The Morgan fingerprint density at radius 3 is 2.73 bits per heavy atom. The van der Waals surface area contributed by atoms with Crippen molar-refractivity contribution in [3.8, 4) is 0 Å². The summed E-state index contributed by atoms with van der Waals surface area (Å²) in [6.45, 7) is 1.81. The number of halogens is 1. The highest BCUT2D eigenvalue weighted by Gasteiger charge is 2.06. The number of aldehydes is 1. The van der Waals surface area contributed by atoms with E-state index in [0.717, 1.165) is 5.56 Å². The van der Waals surface area contributed by atoms with Gasteiger partial charge in [0.25, 0.3) is 0 Å². The van der Waals surface area contributed by atoms with Gasteiger partial charge in [-0.1, -0.05) is 11.6 Å². The molecule has 2 rings (SSSR count). The van der Waals surface area contributed by atoms with Crippen molar-refractivity contribution < 1.29 is 9.21 Å². The van der Waals surface area contributed by atoms with Crippen molar-refractivity contribution >= 4 is 28.9 Å². The number of fused-ring (bicyclic) bond motifs is 1. The fraction of sp³-hybridized carbons (Fsp3) is 0.0909. The van der Waals surface area contributed by atoms with Gasteiger partial charge >= 0.3 is 5.63 Å². The summed E-state index contributed by atoms with van der Waals surface area (Å²) in [7, 11) is 0. The monoisotopic (exact) mass is 222 g/mol. The average Bonchev–Trinajstić information content (AvgIpc) is 2.20. The maximum absolute atomic E-state index is 11.2. The van der Waals surface area contributed by atoms with Gasteiger partial charge in [0.05, 0.1) is 0 Å². The topological polar surface area (TPSA) is 47.3 Å². The van der Waals surface area contributed by atoms with E-state index >= 15 is 0 Å². The predicted molar refractivity (Wildman–Crippen MR) is 57.6 cm³/mol. The number of carbonyl (C=O) groups excluding carboxylic acids is 1. The predicted octanol–water partition coefficient (Wildman–Crippen LogP) is 2.57. The average molecular weight is 223 g/mol. The molecule has 76 valence electrons. The number of benzene rings is 1. The summed E-state index contributed by atoms with van der Waals surface area (Å²) in [5.74, 6) is 0. The molecule has 0 aliphatic heterocycles. The molecule has 0 unspecified atom stereocenters. The lowest BCUT2D eigenvalue weighted by Gasteiger charge is -2.01. The van der Waals surface area contributed by atoms with Crippen LogP contribution in [0.4, 0.5) is 0 Å². The molecular weight excluding hydrogens is 216 g/mol.